The van der Waals surface area contributed by atoms with Gasteiger partial charge in [-0.1, -0.05) is 0 Å². The number of alkyl halides is 3. The zero-order chi connectivity index (χ0) is 16.9. The van der Waals surface area contributed by atoms with Gasteiger partial charge in [0.1, 0.15) is 17.7 Å². The number of rotatable bonds is 4. The zero-order valence-corrected chi connectivity index (χ0v) is 10.3. The number of benzene rings is 1. The molecular weight excluding hydrogens is 312 g/mol. The summed E-state index contributed by atoms with van der Waals surface area (Å²) >= 11 is 0. The van der Waals surface area contributed by atoms with Crippen molar-refractivity contribution in [3.8, 4) is 17.9 Å². The molecule has 114 valence electrons. The molecular formula is C11H4F4N4O3. The molecule has 0 saturated carbocycles. The van der Waals surface area contributed by atoms with Crippen LogP contribution in [0.3, 0.4) is 0 Å². The highest BCUT2D eigenvalue weighted by molar-refractivity contribution is 5.64. The highest BCUT2D eigenvalue weighted by atomic mass is 19.4. The molecule has 0 fully saturated rings. The summed E-state index contributed by atoms with van der Waals surface area (Å²) in [5.74, 6) is -3.33. The van der Waals surface area contributed by atoms with Crippen LogP contribution in [0.2, 0.25) is 0 Å². The van der Waals surface area contributed by atoms with Crippen LogP contribution in [-0.4, -0.2) is 11.3 Å². The number of nitrogens with one attached hydrogen (secondary N) is 1. The average Bonchev–Trinajstić information content (AvgIpc) is 2.41. The predicted molar refractivity (Wildman–Crippen MR) is 62.7 cm³/mol. The van der Waals surface area contributed by atoms with Crippen molar-refractivity contribution in [1.82, 2.24) is 0 Å². The van der Waals surface area contributed by atoms with E-state index in [0.717, 1.165) is 6.07 Å². The standard InChI is InChI=1S/C11H4F4N4O3/c12-9-8(19(20)21)2-1-7(10(9)22-11(13,14)15)18-5-6(3-16)4-17/h1-2,5,18H. The van der Waals surface area contributed by atoms with Crippen LogP contribution in [-0.2, 0) is 0 Å². The Morgan fingerprint density at radius 3 is 2.41 bits per heavy atom. The smallest absolute Gasteiger partial charge is 0.400 e. The van der Waals surface area contributed by atoms with E-state index < -0.39 is 39.8 Å². The fourth-order valence-corrected chi connectivity index (χ4v) is 1.26. The first-order valence-corrected chi connectivity index (χ1v) is 5.19. The first-order valence-electron chi connectivity index (χ1n) is 5.19. The lowest BCUT2D eigenvalue weighted by Crippen LogP contribution is -2.19. The molecule has 1 N–H and O–H groups in total. The summed E-state index contributed by atoms with van der Waals surface area (Å²) in [6.45, 7) is 0. The molecule has 0 aliphatic carbocycles. The minimum absolute atomic E-state index is 0.517. The summed E-state index contributed by atoms with van der Waals surface area (Å²) < 4.78 is 53.9. The van der Waals surface area contributed by atoms with Gasteiger partial charge in [-0.05, 0) is 6.07 Å². The van der Waals surface area contributed by atoms with Crippen LogP contribution in [0.1, 0.15) is 0 Å². The van der Waals surface area contributed by atoms with Crippen LogP contribution >= 0.6 is 0 Å². The van der Waals surface area contributed by atoms with Gasteiger partial charge in [-0.15, -0.1) is 13.2 Å². The van der Waals surface area contributed by atoms with Crippen LogP contribution in [0.25, 0.3) is 0 Å². The van der Waals surface area contributed by atoms with E-state index in [1.165, 1.54) is 12.1 Å². The van der Waals surface area contributed by atoms with Gasteiger partial charge in [0.2, 0.25) is 5.82 Å². The molecule has 1 aromatic rings. The SMILES string of the molecule is N#CC(C#N)=CNc1ccc([N+](=O)[O-])c(F)c1OC(F)(F)F. The number of anilines is 1. The maximum absolute atomic E-state index is 13.7. The Bertz CT molecular complexity index is 700. The van der Waals surface area contributed by atoms with E-state index in [4.69, 9.17) is 10.5 Å². The number of nitriles is 2. The van der Waals surface area contributed by atoms with Crippen LogP contribution in [0, 0.1) is 38.6 Å². The minimum atomic E-state index is -5.30. The molecule has 1 rings (SSSR count). The second-order valence-electron chi connectivity index (χ2n) is 3.51. The zero-order valence-electron chi connectivity index (χ0n) is 10.3. The van der Waals surface area contributed by atoms with Gasteiger partial charge in [0.15, 0.2) is 5.75 Å². The Labute approximate surface area is 119 Å². The fourth-order valence-electron chi connectivity index (χ4n) is 1.26. The third-order valence-corrected chi connectivity index (χ3v) is 2.10. The molecule has 0 spiro atoms. The van der Waals surface area contributed by atoms with Crippen molar-refractivity contribution >= 4 is 11.4 Å². The molecule has 7 nitrogen and oxygen atoms in total. The van der Waals surface area contributed by atoms with Gasteiger partial charge in [-0.3, -0.25) is 10.1 Å². The first-order chi connectivity index (χ1) is 10.2. The first kappa shape index (κ1) is 16.7. The number of halogens is 4. The molecule has 0 aromatic heterocycles. The number of nitro groups is 1. The van der Waals surface area contributed by atoms with Crippen LogP contribution in [0.15, 0.2) is 23.9 Å². The van der Waals surface area contributed by atoms with Crippen molar-refractivity contribution in [3.05, 3.63) is 39.8 Å². The maximum Gasteiger partial charge on any atom is 0.573 e. The number of nitro benzene ring substituents is 1. The Hall–Kier alpha value is -3.34. The normalized spacial score (nSPS) is 10.1. The summed E-state index contributed by atoms with van der Waals surface area (Å²) in [7, 11) is 0. The van der Waals surface area contributed by atoms with Gasteiger partial charge < -0.3 is 10.1 Å². The summed E-state index contributed by atoms with van der Waals surface area (Å²) in [5, 5.41) is 29.5. The lowest BCUT2D eigenvalue weighted by molar-refractivity contribution is -0.387. The van der Waals surface area contributed by atoms with E-state index in [0.29, 0.717) is 12.3 Å². The molecule has 0 unspecified atom stereocenters. The van der Waals surface area contributed by atoms with Crippen molar-refractivity contribution in [2.75, 3.05) is 5.32 Å². The number of hydrogen-bond donors (Lipinski definition) is 1. The van der Waals surface area contributed by atoms with Gasteiger partial charge in [0, 0.05) is 12.3 Å². The van der Waals surface area contributed by atoms with Crippen molar-refractivity contribution < 1.29 is 27.2 Å². The topological polar surface area (TPSA) is 112 Å². The van der Waals surface area contributed by atoms with Crippen LogP contribution in [0.4, 0.5) is 28.9 Å². The molecule has 0 saturated heterocycles. The average molecular weight is 316 g/mol. The second kappa shape index (κ2) is 6.41. The minimum Gasteiger partial charge on any atom is -0.400 e. The van der Waals surface area contributed by atoms with Gasteiger partial charge in [-0.2, -0.15) is 14.9 Å². The largest absolute Gasteiger partial charge is 0.573 e. The molecule has 11 heteroatoms. The monoisotopic (exact) mass is 316 g/mol. The van der Waals surface area contributed by atoms with E-state index in [9.17, 15) is 27.7 Å². The second-order valence-corrected chi connectivity index (χ2v) is 3.51. The van der Waals surface area contributed by atoms with Gasteiger partial charge in [0.25, 0.3) is 0 Å². The van der Waals surface area contributed by atoms with Crippen molar-refractivity contribution in [2.24, 2.45) is 0 Å². The third-order valence-electron chi connectivity index (χ3n) is 2.10. The third kappa shape index (κ3) is 4.08. The van der Waals surface area contributed by atoms with E-state index >= 15 is 0 Å². The predicted octanol–water partition coefficient (Wildman–Crippen LogP) is 2.98. The molecule has 0 atom stereocenters. The summed E-state index contributed by atoms with van der Waals surface area (Å²) in [4.78, 5) is 9.29. The molecule has 0 radical (unpaired) electrons. The Kier molecular flexibility index (Phi) is 4.87. The number of ether oxygens (including phenoxy) is 1. The van der Waals surface area contributed by atoms with Crippen LogP contribution < -0.4 is 10.1 Å². The van der Waals surface area contributed by atoms with Gasteiger partial charge >= 0.3 is 12.0 Å². The molecule has 0 aliphatic rings. The van der Waals surface area contributed by atoms with E-state index in [-0.39, 0.29) is 0 Å². The molecule has 0 bridgehead atoms. The Morgan fingerprint density at radius 1 is 1.36 bits per heavy atom. The van der Waals surface area contributed by atoms with Crippen molar-refractivity contribution in [2.45, 2.75) is 6.36 Å². The molecule has 0 amide bonds. The quantitative estimate of drug-likeness (QED) is 0.395. The summed E-state index contributed by atoms with van der Waals surface area (Å²) in [5.41, 5.74) is -2.39. The summed E-state index contributed by atoms with van der Waals surface area (Å²) in [6.07, 6.45) is -4.60. The van der Waals surface area contributed by atoms with E-state index in [1.54, 1.807) is 0 Å². The van der Waals surface area contributed by atoms with Crippen LogP contribution in [0.5, 0.6) is 5.75 Å². The Balaban J connectivity index is 3.36. The number of hydrogen-bond acceptors (Lipinski definition) is 6. The maximum atomic E-state index is 13.7. The van der Waals surface area contributed by atoms with Gasteiger partial charge in [0.05, 0.1) is 10.6 Å². The highest BCUT2D eigenvalue weighted by Crippen LogP contribution is 2.37. The fraction of sp³-hybridized carbons (Fsp3) is 0.0909. The number of nitrogens with zero attached hydrogens (tertiary/aromatic N) is 3. The van der Waals surface area contributed by atoms with E-state index in [2.05, 4.69) is 10.1 Å². The lowest BCUT2D eigenvalue weighted by atomic mass is 10.2. The van der Waals surface area contributed by atoms with Gasteiger partial charge in [-0.25, -0.2) is 0 Å². The molecule has 22 heavy (non-hydrogen) atoms. The summed E-state index contributed by atoms with van der Waals surface area (Å²) in [6, 6.07) is 4.16. The number of allylic oxidation sites excluding steroid dienone is 1. The van der Waals surface area contributed by atoms with Crippen molar-refractivity contribution in [3.63, 3.8) is 0 Å². The molecule has 0 aliphatic heterocycles. The molecule has 0 heterocycles. The van der Waals surface area contributed by atoms with E-state index in [1.807, 2.05) is 0 Å². The Morgan fingerprint density at radius 2 is 1.95 bits per heavy atom. The van der Waals surface area contributed by atoms with Crippen molar-refractivity contribution in [1.29, 1.82) is 10.5 Å². The molecule has 1 aromatic carbocycles. The lowest BCUT2D eigenvalue weighted by Gasteiger charge is -2.13. The highest BCUT2D eigenvalue weighted by Gasteiger charge is 2.35.